The molecule has 2 nitrogen and oxygen atoms in total. The molecule has 1 fully saturated rings. The highest BCUT2D eigenvalue weighted by atomic mass is 19.3. The van der Waals surface area contributed by atoms with Crippen LogP contribution in [0.2, 0.25) is 0 Å². The molecule has 192 valence electrons. The molecule has 0 spiro atoms. The molecule has 2 unspecified atom stereocenters. The Morgan fingerprint density at radius 1 is 0.861 bits per heavy atom. The minimum Gasteiger partial charge on any atom is -0.429 e. The minimum absolute atomic E-state index is 0.197. The summed E-state index contributed by atoms with van der Waals surface area (Å²) < 4.78 is 111. The summed E-state index contributed by atoms with van der Waals surface area (Å²) >= 11 is 0. The Morgan fingerprint density at radius 3 is 2.03 bits per heavy atom. The van der Waals surface area contributed by atoms with Crippen LogP contribution in [0, 0.1) is 41.9 Å². The summed E-state index contributed by atoms with van der Waals surface area (Å²) in [5, 5.41) is 0. The normalized spacial score (nSPS) is 18.4. The highest BCUT2D eigenvalue weighted by Crippen LogP contribution is 2.39. The first kappa shape index (κ1) is 26.0. The summed E-state index contributed by atoms with van der Waals surface area (Å²) in [6.07, 6.45) is -2.30. The Bertz CT molecular complexity index is 1220. The lowest BCUT2D eigenvalue weighted by atomic mass is 9.92. The molecule has 0 N–H and O–H groups in total. The Kier molecular flexibility index (Phi) is 7.31. The number of hydrogen-bond acceptors (Lipinski definition) is 2. The molecule has 4 rings (SSSR count). The van der Waals surface area contributed by atoms with Gasteiger partial charge >= 0.3 is 6.11 Å². The number of benzene rings is 3. The molecule has 0 saturated carbocycles. The first-order chi connectivity index (χ1) is 17.0. The van der Waals surface area contributed by atoms with Crippen molar-refractivity contribution in [3.63, 3.8) is 0 Å². The highest BCUT2D eigenvalue weighted by Gasteiger charge is 2.41. The van der Waals surface area contributed by atoms with Crippen LogP contribution < -0.4 is 4.74 Å². The van der Waals surface area contributed by atoms with Crippen molar-refractivity contribution in [2.45, 2.75) is 45.3 Å². The number of ether oxygens (including phenoxy) is 2. The van der Waals surface area contributed by atoms with Crippen molar-refractivity contribution >= 4 is 0 Å². The van der Waals surface area contributed by atoms with Crippen LogP contribution in [-0.4, -0.2) is 6.61 Å². The van der Waals surface area contributed by atoms with E-state index >= 15 is 0 Å². The van der Waals surface area contributed by atoms with E-state index in [4.69, 9.17) is 4.74 Å². The molecule has 2 atom stereocenters. The average molecular weight is 512 g/mol. The van der Waals surface area contributed by atoms with Crippen molar-refractivity contribution in [3.05, 3.63) is 88.2 Å². The quantitative estimate of drug-likeness (QED) is 0.309. The maximum atomic E-state index is 14.9. The van der Waals surface area contributed by atoms with Gasteiger partial charge in [-0.3, -0.25) is 0 Å². The van der Waals surface area contributed by atoms with Crippen molar-refractivity contribution in [1.29, 1.82) is 0 Å². The van der Waals surface area contributed by atoms with Crippen molar-refractivity contribution in [2.75, 3.05) is 6.61 Å². The minimum atomic E-state index is -4.61. The second-order valence-corrected chi connectivity index (χ2v) is 8.86. The van der Waals surface area contributed by atoms with E-state index in [1.807, 2.05) is 0 Å². The summed E-state index contributed by atoms with van der Waals surface area (Å²) in [5.74, 6) is -7.07. The summed E-state index contributed by atoms with van der Waals surface area (Å²) in [5.41, 5.74) is -2.14. The summed E-state index contributed by atoms with van der Waals surface area (Å²) in [7, 11) is 0. The van der Waals surface area contributed by atoms with Gasteiger partial charge in [0, 0.05) is 23.3 Å². The van der Waals surface area contributed by atoms with Crippen molar-refractivity contribution in [2.24, 2.45) is 5.92 Å². The van der Waals surface area contributed by atoms with E-state index < -0.39 is 52.1 Å². The largest absolute Gasteiger partial charge is 0.432 e. The zero-order valence-electron chi connectivity index (χ0n) is 19.5. The Hall–Kier alpha value is -3.07. The molecule has 1 heterocycles. The lowest BCUT2D eigenvalue weighted by Crippen LogP contribution is -2.25. The topological polar surface area (TPSA) is 18.5 Å². The monoisotopic (exact) mass is 512 g/mol. The molecule has 1 saturated heterocycles. The lowest BCUT2D eigenvalue weighted by Gasteiger charge is -2.28. The van der Waals surface area contributed by atoms with Gasteiger partial charge in [-0.05, 0) is 55.0 Å². The first-order valence-electron chi connectivity index (χ1n) is 11.4. The number of halogens is 7. The molecule has 0 bridgehead atoms. The second kappa shape index (κ2) is 10.1. The van der Waals surface area contributed by atoms with Crippen LogP contribution in [0.4, 0.5) is 30.7 Å². The Labute approximate surface area is 203 Å². The Morgan fingerprint density at radius 2 is 1.50 bits per heavy atom. The molecular formula is C27H23F7O2. The van der Waals surface area contributed by atoms with E-state index in [9.17, 15) is 30.7 Å². The van der Waals surface area contributed by atoms with Gasteiger partial charge in [0.05, 0.1) is 12.7 Å². The van der Waals surface area contributed by atoms with E-state index in [2.05, 4.69) is 11.7 Å². The van der Waals surface area contributed by atoms with Crippen LogP contribution in [0.25, 0.3) is 11.1 Å². The lowest BCUT2D eigenvalue weighted by molar-refractivity contribution is -0.189. The fourth-order valence-electron chi connectivity index (χ4n) is 4.24. The van der Waals surface area contributed by atoms with E-state index in [0.29, 0.717) is 48.8 Å². The van der Waals surface area contributed by atoms with Gasteiger partial charge in [-0.15, -0.1) is 0 Å². The number of hydrogen-bond donors (Lipinski definition) is 0. The van der Waals surface area contributed by atoms with Crippen molar-refractivity contribution in [1.82, 2.24) is 0 Å². The van der Waals surface area contributed by atoms with Gasteiger partial charge in [-0.25, -0.2) is 22.0 Å². The van der Waals surface area contributed by atoms with Crippen LogP contribution in [0.1, 0.15) is 49.0 Å². The molecule has 0 amide bonds. The summed E-state index contributed by atoms with van der Waals surface area (Å²) in [6, 6.07) is 6.13. The molecule has 0 radical (unpaired) electrons. The van der Waals surface area contributed by atoms with E-state index in [-0.39, 0.29) is 17.2 Å². The standard InChI is InChI=1S/C27H23F7O2/c1-3-15-4-7-25(35-13-15)16-5-6-19(22(30)8-16)17-9-23(31)26(24(32)10-17)27(33,34)36-18-11-20(28)14(2)21(29)12-18/h5-6,8-12,15,25H,3-4,7,13H2,1-2H3. The van der Waals surface area contributed by atoms with Crippen molar-refractivity contribution < 1.29 is 40.2 Å². The predicted molar refractivity (Wildman–Crippen MR) is 119 cm³/mol. The molecule has 1 aliphatic heterocycles. The molecule has 3 aromatic rings. The fourth-order valence-corrected chi connectivity index (χ4v) is 4.24. The molecular weight excluding hydrogens is 489 g/mol. The highest BCUT2D eigenvalue weighted by molar-refractivity contribution is 5.65. The SMILES string of the molecule is CCC1CCC(c2ccc(-c3cc(F)c(C(F)(F)Oc4cc(F)c(C)c(F)c4)c(F)c3)c(F)c2)OC1. The molecule has 3 aromatic carbocycles. The first-order valence-corrected chi connectivity index (χ1v) is 11.4. The maximum Gasteiger partial charge on any atom is 0.432 e. The van der Waals surface area contributed by atoms with Crippen LogP contribution >= 0.6 is 0 Å². The van der Waals surface area contributed by atoms with E-state index in [1.165, 1.54) is 12.1 Å². The van der Waals surface area contributed by atoms with E-state index in [0.717, 1.165) is 19.8 Å². The van der Waals surface area contributed by atoms with Crippen molar-refractivity contribution in [3.8, 4) is 16.9 Å². The van der Waals surface area contributed by atoms with Gasteiger partial charge in [0.15, 0.2) is 0 Å². The van der Waals surface area contributed by atoms with Gasteiger partial charge in [-0.1, -0.05) is 25.5 Å². The molecule has 1 aliphatic rings. The molecule has 36 heavy (non-hydrogen) atoms. The third kappa shape index (κ3) is 5.21. The van der Waals surface area contributed by atoms with Gasteiger partial charge in [0.2, 0.25) is 0 Å². The van der Waals surface area contributed by atoms with Crippen LogP contribution in [0.15, 0.2) is 42.5 Å². The second-order valence-electron chi connectivity index (χ2n) is 8.86. The zero-order chi connectivity index (χ0) is 26.2. The molecule has 0 aliphatic carbocycles. The maximum absolute atomic E-state index is 14.9. The van der Waals surface area contributed by atoms with Gasteiger partial charge < -0.3 is 9.47 Å². The van der Waals surface area contributed by atoms with E-state index in [1.54, 1.807) is 6.07 Å². The van der Waals surface area contributed by atoms with Gasteiger partial charge in [0.25, 0.3) is 0 Å². The average Bonchev–Trinajstić information content (AvgIpc) is 2.81. The third-order valence-electron chi connectivity index (χ3n) is 6.46. The summed E-state index contributed by atoms with van der Waals surface area (Å²) in [4.78, 5) is 0. The smallest absolute Gasteiger partial charge is 0.429 e. The fraction of sp³-hybridized carbons (Fsp3) is 0.333. The summed E-state index contributed by atoms with van der Waals surface area (Å²) in [6.45, 7) is 3.71. The van der Waals surface area contributed by atoms with Gasteiger partial charge in [-0.2, -0.15) is 8.78 Å². The predicted octanol–water partition coefficient (Wildman–Crippen LogP) is 8.36. The number of rotatable bonds is 6. The van der Waals surface area contributed by atoms with Crippen LogP contribution in [0.5, 0.6) is 5.75 Å². The Balaban J connectivity index is 1.60. The third-order valence-corrected chi connectivity index (χ3v) is 6.46. The van der Waals surface area contributed by atoms with Crippen LogP contribution in [0.3, 0.4) is 0 Å². The van der Waals surface area contributed by atoms with Crippen LogP contribution in [-0.2, 0) is 10.8 Å². The molecule has 0 aromatic heterocycles. The molecule has 9 heteroatoms. The zero-order valence-corrected chi connectivity index (χ0v) is 19.5. The number of alkyl halides is 2. The van der Waals surface area contributed by atoms with Gasteiger partial charge in [0.1, 0.15) is 40.4 Å².